The maximum Gasteiger partial charge on any atom is 0.237 e. The number of ether oxygens (including phenoxy) is 1. The lowest BCUT2D eigenvalue weighted by molar-refractivity contribution is -0.126. The number of carbonyl (C=O) groups excluding carboxylic acids is 1. The van der Waals surface area contributed by atoms with Gasteiger partial charge in [-0.25, -0.2) is 8.78 Å². The first-order valence-corrected chi connectivity index (χ1v) is 6.51. The maximum absolute atomic E-state index is 13.1. The number of amides is 1. The number of nitrogens with one attached hydrogen (secondary N) is 1. The molecule has 1 aliphatic rings. The molecule has 3 N–H and O–H groups in total. The average Bonchev–Trinajstić information content (AvgIpc) is 2.43. The first-order chi connectivity index (χ1) is 9.45. The molecule has 4 nitrogen and oxygen atoms in total. The van der Waals surface area contributed by atoms with Crippen molar-refractivity contribution in [2.45, 2.75) is 12.8 Å². The lowest BCUT2D eigenvalue weighted by atomic mass is 9.79. The molecule has 7 heteroatoms. The lowest BCUT2D eigenvalue weighted by Crippen LogP contribution is -2.49. The number of thiocarbonyl (C=S) groups is 1. The van der Waals surface area contributed by atoms with Gasteiger partial charge < -0.3 is 15.8 Å². The Morgan fingerprint density at radius 1 is 1.30 bits per heavy atom. The zero-order valence-electron chi connectivity index (χ0n) is 10.6. The second kappa shape index (κ2) is 5.80. The highest BCUT2D eigenvalue weighted by atomic mass is 32.1. The monoisotopic (exact) mass is 300 g/mol. The standard InChI is InChI=1S/C13H14F2N2O2S/c14-9-2-1-8(7-10(9)15)17-12(18)13(11(16)20)3-5-19-6-4-13/h1-2,7H,3-6H2,(H2,16,20)(H,17,18). The van der Waals surface area contributed by atoms with Crippen molar-refractivity contribution >= 4 is 28.8 Å². The van der Waals surface area contributed by atoms with Crippen LogP contribution in [0.2, 0.25) is 0 Å². The first kappa shape index (κ1) is 14.8. The van der Waals surface area contributed by atoms with E-state index in [1.165, 1.54) is 6.07 Å². The molecule has 20 heavy (non-hydrogen) atoms. The number of anilines is 1. The molecule has 1 amide bonds. The van der Waals surface area contributed by atoms with Gasteiger partial charge in [-0.1, -0.05) is 12.2 Å². The highest BCUT2D eigenvalue weighted by Crippen LogP contribution is 2.32. The molecule has 0 bridgehead atoms. The maximum atomic E-state index is 13.1. The van der Waals surface area contributed by atoms with E-state index in [2.05, 4.69) is 5.32 Å². The van der Waals surface area contributed by atoms with Crippen molar-refractivity contribution in [1.82, 2.24) is 0 Å². The summed E-state index contributed by atoms with van der Waals surface area (Å²) in [5, 5.41) is 2.53. The van der Waals surface area contributed by atoms with Gasteiger partial charge in [0.25, 0.3) is 0 Å². The van der Waals surface area contributed by atoms with Crippen LogP contribution >= 0.6 is 12.2 Å². The van der Waals surface area contributed by atoms with Crippen molar-refractivity contribution in [2.24, 2.45) is 11.1 Å². The molecule has 0 aromatic heterocycles. The minimum absolute atomic E-state index is 0.0842. The fraction of sp³-hybridized carbons (Fsp3) is 0.385. The third-order valence-corrected chi connectivity index (χ3v) is 3.82. The summed E-state index contributed by atoms with van der Waals surface area (Å²) in [6, 6.07) is 3.14. The number of rotatable bonds is 3. The number of hydrogen-bond acceptors (Lipinski definition) is 3. The van der Waals surface area contributed by atoms with E-state index < -0.39 is 23.0 Å². The second-order valence-corrected chi connectivity index (χ2v) is 5.08. The molecular formula is C13H14F2N2O2S. The number of nitrogens with two attached hydrogens (primary N) is 1. The Morgan fingerprint density at radius 3 is 2.50 bits per heavy atom. The molecule has 108 valence electrons. The van der Waals surface area contributed by atoms with E-state index in [1.807, 2.05) is 0 Å². The van der Waals surface area contributed by atoms with Gasteiger partial charge in [0.1, 0.15) is 5.41 Å². The van der Waals surface area contributed by atoms with Gasteiger partial charge in [-0.15, -0.1) is 0 Å². The largest absolute Gasteiger partial charge is 0.392 e. The Hall–Kier alpha value is -1.60. The highest BCUT2D eigenvalue weighted by molar-refractivity contribution is 7.80. The smallest absolute Gasteiger partial charge is 0.237 e. The van der Waals surface area contributed by atoms with Crippen LogP contribution in [0.15, 0.2) is 18.2 Å². The Bertz CT molecular complexity index is 545. The molecule has 1 aromatic carbocycles. The van der Waals surface area contributed by atoms with E-state index in [4.69, 9.17) is 22.7 Å². The quantitative estimate of drug-likeness (QED) is 0.838. The minimum Gasteiger partial charge on any atom is -0.392 e. The number of hydrogen-bond donors (Lipinski definition) is 2. The summed E-state index contributed by atoms with van der Waals surface area (Å²) in [4.78, 5) is 12.5. The summed E-state index contributed by atoms with van der Waals surface area (Å²) in [5.74, 6) is -2.42. The summed E-state index contributed by atoms with van der Waals surface area (Å²) >= 11 is 4.99. The van der Waals surface area contributed by atoms with Crippen molar-refractivity contribution < 1.29 is 18.3 Å². The van der Waals surface area contributed by atoms with Crippen LogP contribution in [-0.4, -0.2) is 24.1 Å². The van der Waals surface area contributed by atoms with Crippen LogP contribution < -0.4 is 11.1 Å². The first-order valence-electron chi connectivity index (χ1n) is 6.10. The van der Waals surface area contributed by atoms with Crippen molar-refractivity contribution in [3.63, 3.8) is 0 Å². The van der Waals surface area contributed by atoms with Crippen LogP contribution in [0.3, 0.4) is 0 Å². The van der Waals surface area contributed by atoms with E-state index in [9.17, 15) is 13.6 Å². The van der Waals surface area contributed by atoms with Crippen LogP contribution in [0.5, 0.6) is 0 Å². The van der Waals surface area contributed by atoms with Gasteiger partial charge in [-0.05, 0) is 25.0 Å². The Kier molecular flexibility index (Phi) is 4.29. The molecule has 0 unspecified atom stereocenters. The molecular weight excluding hydrogens is 286 g/mol. The molecule has 0 atom stereocenters. The van der Waals surface area contributed by atoms with Gasteiger partial charge in [0.05, 0.1) is 4.99 Å². The third kappa shape index (κ3) is 2.78. The van der Waals surface area contributed by atoms with Gasteiger partial charge in [0, 0.05) is 25.0 Å². The van der Waals surface area contributed by atoms with Crippen LogP contribution in [0.1, 0.15) is 12.8 Å². The molecule has 2 rings (SSSR count). The average molecular weight is 300 g/mol. The summed E-state index contributed by atoms with van der Waals surface area (Å²) in [6.07, 6.45) is 0.746. The van der Waals surface area contributed by atoms with Gasteiger partial charge in [0.15, 0.2) is 11.6 Å². The van der Waals surface area contributed by atoms with Gasteiger partial charge >= 0.3 is 0 Å². The molecule has 0 radical (unpaired) electrons. The zero-order chi connectivity index (χ0) is 14.8. The lowest BCUT2D eigenvalue weighted by Gasteiger charge is -2.34. The SMILES string of the molecule is NC(=S)C1(C(=O)Nc2ccc(F)c(F)c2)CCOCC1. The van der Waals surface area contributed by atoms with Crippen molar-refractivity contribution in [2.75, 3.05) is 18.5 Å². The molecule has 0 saturated carbocycles. The molecule has 1 fully saturated rings. The summed E-state index contributed by atoms with van der Waals surface area (Å²) in [6.45, 7) is 0.755. The zero-order valence-corrected chi connectivity index (χ0v) is 11.4. The molecule has 1 aliphatic heterocycles. The van der Waals surface area contributed by atoms with E-state index >= 15 is 0 Å². The topological polar surface area (TPSA) is 64.4 Å². The second-order valence-electron chi connectivity index (χ2n) is 4.64. The highest BCUT2D eigenvalue weighted by Gasteiger charge is 2.43. The summed E-state index contributed by atoms with van der Waals surface area (Å²) < 4.78 is 31.2. The summed E-state index contributed by atoms with van der Waals surface area (Å²) in [7, 11) is 0. The third-order valence-electron chi connectivity index (χ3n) is 3.43. The number of benzene rings is 1. The Labute approximate surface area is 120 Å². The predicted molar refractivity (Wildman–Crippen MR) is 74.3 cm³/mol. The minimum atomic E-state index is -1.03. The van der Waals surface area contributed by atoms with Crippen LogP contribution in [0.4, 0.5) is 14.5 Å². The normalized spacial score (nSPS) is 17.5. The van der Waals surface area contributed by atoms with Crippen LogP contribution in [0.25, 0.3) is 0 Å². The molecule has 0 spiro atoms. The van der Waals surface area contributed by atoms with Crippen molar-refractivity contribution in [3.05, 3.63) is 29.8 Å². The molecule has 1 heterocycles. The van der Waals surface area contributed by atoms with Gasteiger partial charge in [-0.2, -0.15) is 0 Å². The summed E-state index contributed by atoms with van der Waals surface area (Å²) in [5.41, 5.74) is 4.85. The molecule has 0 aliphatic carbocycles. The fourth-order valence-corrected chi connectivity index (χ4v) is 2.43. The fourth-order valence-electron chi connectivity index (χ4n) is 2.13. The molecule has 1 saturated heterocycles. The number of carbonyl (C=O) groups is 1. The van der Waals surface area contributed by atoms with Crippen molar-refractivity contribution in [1.29, 1.82) is 0 Å². The van der Waals surface area contributed by atoms with Crippen LogP contribution in [-0.2, 0) is 9.53 Å². The van der Waals surface area contributed by atoms with Gasteiger partial charge in [-0.3, -0.25) is 4.79 Å². The van der Waals surface area contributed by atoms with Crippen molar-refractivity contribution in [3.8, 4) is 0 Å². The number of halogens is 2. The van der Waals surface area contributed by atoms with E-state index in [0.29, 0.717) is 26.1 Å². The Morgan fingerprint density at radius 2 is 1.95 bits per heavy atom. The molecule has 1 aromatic rings. The Balaban J connectivity index is 2.20. The van der Waals surface area contributed by atoms with E-state index in [1.54, 1.807) is 0 Å². The predicted octanol–water partition coefficient (Wildman–Crippen LogP) is 1.99. The van der Waals surface area contributed by atoms with Crippen LogP contribution in [0, 0.1) is 17.0 Å². The van der Waals surface area contributed by atoms with E-state index in [0.717, 1.165) is 12.1 Å². The van der Waals surface area contributed by atoms with Gasteiger partial charge in [0.2, 0.25) is 5.91 Å². The van der Waals surface area contributed by atoms with E-state index in [-0.39, 0.29) is 10.7 Å².